The van der Waals surface area contributed by atoms with Crippen LogP contribution in [0.3, 0.4) is 0 Å². The van der Waals surface area contributed by atoms with E-state index >= 15 is 0 Å². The zero-order chi connectivity index (χ0) is 25.8. The van der Waals surface area contributed by atoms with Gasteiger partial charge in [0.1, 0.15) is 17.0 Å². The fourth-order valence-corrected chi connectivity index (χ4v) is 4.72. The Morgan fingerprint density at radius 3 is 2.81 bits per heavy atom. The molecule has 2 N–H and O–H groups in total. The molecule has 2 aromatic heterocycles. The molecular formula is C27H35ClFN7. The summed E-state index contributed by atoms with van der Waals surface area (Å²) in [4.78, 5) is 18.0. The fourth-order valence-electron chi connectivity index (χ4n) is 4.58. The highest BCUT2D eigenvalue weighted by atomic mass is 35.5. The van der Waals surface area contributed by atoms with Crippen LogP contribution in [0.25, 0.3) is 6.08 Å². The first-order chi connectivity index (χ1) is 17.3. The van der Waals surface area contributed by atoms with Crippen LogP contribution >= 0.6 is 11.6 Å². The Bertz CT molecular complexity index is 1160. The summed E-state index contributed by atoms with van der Waals surface area (Å²) in [6, 6.07) is 2.25. The van der Waals surface area contributed by atoms with Crippen LogP contribution in [0, 0.1) is 0 Å². The van der Waals surface area contributed by atoms with Crippen LogP contribution in [0.4, 0.5) is 27.7 Å². The van der Waals surface area contributed by atoms with Crippen LogP contribution in [0.1, 0.15) is 51.5 Å². The van der Waals surface area contributed by atoms with Gasteiger partial charge < -0.3 is 20.4 Å². The number of pyridine rings is 1. The number of halogens is 2. The largest absolute Gasteiger partial charge is 0.392 e. The van der Waals surface area contributed by atoms with Crippen LogP contribution in [0.2, 0.25) is 5.02 Å². The average molecular weight is 512 g/mol. The van der Waals surface area contributed by atoms with Crippen LogP contribution in [0.5, 0.6) is 0 Å². The highest BCUT2D eigenvalue weighted by molar-refractivity contribution is 6.32. The van der Waals surface area contributed by atoms with Gasteiger partial charge in [0.05, 0.1) is 18.1 Å². The van der Waals surface area contributed by atoms with Gasteiger partial charge in [-0.15, -0.1) is 0 Å². The van der Waals surface area contributed by atoms with Crippen LogP contribution in [0.15, 0.2) is 48.6 Å². The Morgan fingerprint density at radius 2 is 2.06 bits per heavy atom. The quantitative estimate of drug-likeness (QED) is 0.435. The first-order valence-electron chi connectivity index (χ1n) is 12.5. The van der Waals surface area contributed by atoms with E-state index in [1.807, 2.05) is 11.9 Å². The Balaban J connectivity index is 1.61. The second kappa shape index (κ2) is 11.3. The maximum absolute atomic E-state index is 13.8. The van der Waals surface area contributed by atoms with E-state index in [1.54, 1.807) is 12.4 Å². The predicted molar refractivity (Wildman–Crippen MR) is 148 cm³/mol. The molecule has 0 spiro atoms. The number of alkyl halides is 1. The number of nitrogens with one attached hydrogen (secondary N) is 2. The van der Waals surface area contributed by atoms with Crippen molar-refractivity contribution in [3.8, 4) is 0 Å². The van der Waals surface area contributed by atoms with Crippen molar-refractivity contribution in [3.05, 3.63) is 59.2 Å². The second-order valence-corrected chi connectivity index (χ2v) is 9.98. The summed E-state index contributed by atoms with van der Waals surface area (Å²) in [6.07, 6.45) is 8.24. The van der Waals surface area contributed by atoms with Crippen LogP contribution in [-0.4, -0.2) is 47.3 Å². The molecule has 4 heterocycles. The molecule has 36 heavy (non-hydrogen) atoms. The minimum atomic E-state index is -0.766. The van der Waals surface area contributed by atoms with Gasteiger partial charge in [0.15, 0.2) is 5.82 Å². The SMILES string of the molecule is C=C(CCC1=Cc2cc(Nc3nc(N4CCCC(F)CC4)ncc3Cl)cnc2N(C(C)C)C1=C)NC. The fraction of sp³-hybridized carbons (Fsp3) is 0.444. The zero-order valence-electron chi connectivity index (χ0n) is 21.3. The molecular weight excluding hydrogens is 477 g/mol. The monoisotopic (exact) mass is 511 g/mol. The van der Waals surface area contributed by atoms with E-state index < -0.39 is 6.17 Å². The summed E-state index contributed by atoms with van der Waals surface area (Å²) in [6.45, 7) is 14.0. The van der Waals surface area contributed by atoms with E-state index in [4.69, 9.17) is 16.6 Å². The molecule has 0 bridgehead atoms. The number of anilines is 4. The number of allylic oxidation sites excluding steroid dienone is 2. The van der Waals surface area contributed by atoms with E-state index in [2.05, 4.69) is 64.6 Å². The molecule has 192 valence electrons. The third kappa shape index (κ3) is 5.81. The van der Waals surface area contributed by atoms with Crippen molar-refractivity contribution < 1.29 is 4.39 Å². The predicted octanol–water partition coefficient (Wildman–Crippen LogP) is 6.24. The van der Waals surface area contributed by atoms with E-state index in [0.29, 0.717) is 36.2 Å². The van der Waals surface area contributed by atoms with Crippen LogP contribution < -0.4 is 20.4 Å². The summed E-state index contributed by atoms with van der Waals surface area (Å²) in [5, 5.41) is 6.84. The summed E-state index contributed by atoms with van der Waals surface area (Å²) in [5.74, 6) is 1.92. The molecule has 9 heteroatoms. The molecule has 2 aliphatic rings. The second-order valence-electron chi connectivity index (χ2n) is 9.58. The molecule has 0 aromatic carbocycles. The number of hydrogen-bond donors (Lipinski definition) is 2. The molecule has 1 saturated heterocycles. The number of rotatable bonds is 8. The smallest absolute Gasteiger partial charge is 0.227 e. The summed E-state index contributed by atoms with van der Waals surface area (Å²) in [5.41, 5.74) is 4.87. The van der Waals surface area contributed by atoms with Gasteiger partial charge in [-0.2, -0.15) is 4.98 Å². The molecule has 7 nitrogen and oxygen atoms in total. The number of aromatic nitrogens is 3. The molecule has 0 radical (unpaired) electrons. The first kappa shape index (κ1) is 25.9. The van der Waals surface area contributed by atoms with Crippen molar-refractivity contribution in [2.75, 3.05) is 35.3 Å². The third-order valence-electron chi connectivity index (χ3n) is 6.62. The maximum atomic E-state index is 13.8. The molecule has 0 saturated carbocycles. The van der Waals surface area contributed by atoms with Crippen molar-refractivity contribution in [1.82, 2.24) is 20.3 Å². The Hall–Kier alpha value is -3.13. The van der Waals surface area contributed by atoms with Gasteiger partial charge in [0, 0.05) is 43.1 Å². The van der Waals surface area contributed by atoms with E-state index in [9.17, 15) is 4.39 Å². The summed E-state index contributed by atoms with van der Waals surface area (Å²) in [7, 11) is 1.89. The minimum Gasteiger partial charge on any atom is -0.392 e. The average Bonchev–Trinajstić information content (AvgIpc) is 3.08. The lowest BCUT2D eigenvalue weighted by molar-refractivity contribution is 0.307. The standard InChI is InChI=1S/C27H35ClFN7/c1-17(2)36-19(4)20(9-8-18(3)30-5)13-21-14-23(15-31-26(21)36)33-25-24(28)16-32-27(34-25)35-11-6-7-22(29)10-12-35/h13-17,22,30H,3-4,6-12H2,1-2,5H3,(H,32,33,34). The van der Waals surface area contributed by atoms with Gasteiger partial charge in [-0.3, -0.25) is 0 Å². The lowest BCUT2D eigenvalue weighted by Crippen LogP contribution is -2.33. The molecule has 0 amide bonds. The lowest BCUT2D eigenvalue weighted by Gasteiger charge is -2.35. The topological polar surface area (TPSA) is 69.2 Å². The Labute approximate surface area is 218 Å². The molecule has 0 aliphatic carbocycles. The van der Waals surface area contributed by atoms with E-state index in [1.165, 1.54) is 0 Å². The summed E-state index contributed by atoms with van der Waals surface area (Å²) < 4.78 is 13.8. The Morgan fingerprint density at radius 1 is 1.25 bits per heavy atom. The number of hydrogen-bond acceptors (Lipinski definition) is 7. The normalized spacial score (nSPS) is 18.0. The highest BCUT2D eigenvalue weighted by Crippen LogP contribution is 2.38. The molecule has 1 unspecified atom stereocenters. The lowest BCUT2D eigenvalue weighted by atomic mass is 9.97. The molecule has 4 rings (SSSR count). The molecule has 1 atom stereocenters. The molecule has 2 aliphatic heterocycles. The van der Waals surface area contributed by atoms with Crippen molar-refractivity contribution in [2.24, 2.45) is 0 Å². The van der Waals surface area contributed by atoms with Crippen molar-refractivity contribution >= 4 is 40.9 Å². The van der Waals surface area contributed by atoms with Gasteiger partial charge >= 0.3 is 0 Å². The van der Waals surface area contributed by atoms with Gasteiger partial charge in [-0.25, -0.2) is 14.4 Å². The maximum Gasteiger partial charge on any atom is 0.227 e. The van der Waals surface area contributed by atoms with Crippen molar-refractivity contribution in [2.45, 2.75) is 58.2 Å². The first-order valence-corrected chi connectivity index (χ1v) is 12.9. The van der Waals surface area contributed by atoms with E-state index in [0.717, 1.165) is 59.8 Å². The highest BCUT2D eigenvalue weighted by Gasteiger charge is 2.26. The summed E-state index contributed by atoms with van der Waals surface area (Å²) >= 11 is 6.44. The minimum absolute atomic E-state index is 0.204. The van der Waals surface area contributed by atoms with Gasteiger partial charge in [-0.1, -0.05) is 24.8 Å². The van der Waals surface area contributed by atoms with Crippen molar-refractivity contribution in [3.63, 3.8) is 0 Å². The third-order valence-corrected chi connectivity index (χ3v) is 6.89. The van der Waals surface area contributed by atoms with Crippen LogP contribution in [-0.2, 0) is 0 Å². The van der Waals surface area contributed by atoms with E-state index in [-0.39, 0.29) is 6.04 Å². The molecule has 1 fully saturated rings. The Kier molecular flexibility index (Phi) is 8.14. The zero-order valence-corrected chi connectivity index (χ0v) is 22.1. The van der Waals surface area contributed by atoms with Gasteiger partial charge in [0.25, 0.3) is 0 Å². The molecule has 2 aromatic rings. The number of fused-ring (bicyclic) bond motifs is 1. The van der Waals surface area contributed by atoms with Gasteiger partial charge in [-0.05, 0) is 63.7 Å². The van der Waals surface area contributed by atoms with Gasteiger partial charge in [0.2, 0.25) is 5.95 Å². The number of nitrogens with zero attached hydrogens (tertiary/aromatic N) is 5. The van der Waals surface area contributed by atoms with Crippen molar-refractivity contribution in [1.29, 1.82) is 0 Å².